The van der Waals surface area contributed by atoms with Gasteiger partial charge >= 0.3 is 0 Å². The van der Waals surface area contributed by atoms with Crippen molar-refractivity contribution in [2.24, 2.45) is 0 Å². The Morgan fingerprint density at radius 2 is 1.93 bits per heavy atom. The fourth-order valence-electron chi connectivity index (χ4n) is 1.94. The first-order chi connectivity index (χ1) is 7.08. The Bertz CT molecular complexity index is 383. The number of rotatable bonds is 2. The lowest BCUT2D eigenvalue weighted by Crippen LogP contribution is -2.41. The highest BCUT2D eigenvalue weighted by Gasteiger charge is 2.39. The van der Waals surface area contributed by atoms with Gasteiger partial charge in [0.25, 0.3) is 0 Å². The zero-order valence-corrected chi connectivity index (χ0v) is 10.8. The molecule has 0 unspecified atom stereocenters. The predicted octanol–water partition coefficient (Wildman–Crippen LogP) is 2.93. The zero-order chi connectivity index (χ0) is 11.1. The van der Waals surface area contributed by atoms with Crippen molar-refractivity contribution in [3.05, 3.63) is 28.8 Å². The molecule has 0 bridgehead atoms. The summed E-state index contributed by atoms with van der Waals surface area (Å²) in [5.74, 6) is 0.951. The number of hydrogen-bond acceptors (Lipinski definition) is 2. The Hall–Kier alpha value is -0.540. The van der Waals surface area contributed by atoms with Gasteiger partial charge in [0, 0.05) is 0 Å². The van der Waals surface area contributed by atoms with Crippen LogP contribution in [0.15, 0.2) is 12.1 Å². The van der Waals surface area contributed by atoms with Gasteiger partial charge in [0.05, 0.1) is 24.6 Å². The molecule has 2 rings (SSSR count). The Balaban J connectivity index is 2.46. The van der Waals surface area contributed by atoms with Gasteiger partial charge < -0.3 is 9.47 Å². The first kappa shape index (κ1) is 11.0. The average molecular weight is 271 g/mol. The van der Waals surface area contributed by atoms with Crippen LogP contribution >= 0.6 is 15.9 Å². The van der Waals surface area contributed by atoms with Crippen molar-refractivity contribution in [2.75, 3.05) is 20.3 Å². The maximum absolute atomic E-state index is 5.30. The predicted molar refractivity (Wildman–Crippen MR) is 63.9 cm³/mol. The molecule has 1 aliphatic rings. The van der Waals surface area contributed by atoms with Crippen LogP contribution < -0.4 is 4.74 Å². The van der Waals surface area contributed by atoms with E-state index in [0.29, 0.717) is 0 Å². The van der Waals surface area contributed by atoms with Gasteiger partial charge in [-0.05, 0) is 36.6 Å². The molecule has 0 atom stereocenters. The monoisotopic (exact) mass is 270 g/mol. The van der Waals surface area contributed by atoms with Crippen LogP contribution in [0.1, 0.15) is 16.7 Å². The molecular formula is C12H15BrO2. The molecule has 1 aromatic carbocycles. The summed E-state index contributed by atoms with van der Waals surface area (Å²) < 4.78 is 10.6. The van der Waals surface area contributed by atoms with E-state index in [1.807, 2.05) is 6.07 Å². The van der Waals surface area contributed by atoms with Crippen LogP contribution in [0, 0.1) is 13.8 Å². The van der Waals surface area contributed by atoms with Crippen molar-refractivity contribution in [1.29, 1.82) is 0 Å². The molecule has 1 heterocycles. The molecule has 15 heavy (non-hydrogen) atoms. The van der Waals surface area contributed by atoms with Crippen molar-refractivity contribution in [1.82, 2.24) is 0 Å². The Morgan fingerprint density at radius 3 is 2.40 bits per heavy atom. The molecular weight excluding hydrogens is 256 g/mol. The van der Waals surface area contributed by atoms with E-state index >= 15 is 0 Å². The van der Waals surface area contributed by atoms with Crippen LogP contribution in [0.3, 0.4) is 0 Å². The lowest BCUT2D eigenvalue weighted by Gasteiger charge is -2.38. The first-order valence-electron chi connectivity index (χ1n) is 5.00. The standard InChI is InChI=1S/C12H15BrO2/c1-8-9(2)11(14-3)5-4-10(8)12(13)6-15-7-12/h4-5H,6-7H2,1-3H3. The van der Waals surface area contributed by atoms with E-state index in [1.165, 1.54) is 16.7 Å². The smallest absolute Gasteiger partial charge is 0.122 e. The number of alkyl halides is 1. The molecule has 0 N–H and O–H groups in total. The molecule has 0 saturated carbocycles. The van der Waals surface area contributed by atoms with Crippen molar-refractivity contribution >= 4 is 15.9 Å². The number of halogens is 1. The quantitative estimate of drug-likeness (QED) is 0.770. The summed E-state index contributed by atoms with van der Waals surface area (Å²) in [7, 11) is 1.71. The van der Waals surface area contributed by atoms with Crippen molar-refractivity contribution in [3.8, 4) is 5.75 Å². The van der Waals surface area contributed by atoms with Gasteiger partial charge in [-0.2, -0.15) is 0 Å². The van der Waals surface area contributed by atoms with Crippen LogP contribution in [-0.2, 0) is 9.06 Å². The number of hydrogen-bond donors (Lipinski definition) is 0. The molecule has 1 fully saturated rings. The minimum Gasteiger partial charge on any atom is -0.496 e. The number of ether oxygens (including phenoxy) is 2. The van der Waals surface area contributed by atoms with Gasteiger partial charge in [0.15, 0.2) is 0 Å². The molecule has 2 nitrogen and oxygen atoms in total. The van der Waals surface area contributed by atoms with Crippen LogP contribution in [0.5, 0.6) is 5.75 Å². The number of methoxy groups -OCH3 is 1. The molecule has 0 radical (unpaired) electrons. The molecule has 3 heteroatoms. The molecule has 1 saturated heterocycles. The normalized spacial score (nSPS) is 18.4. The highest BCUT2D eigenvalue weighted by atomic mass is 79.9. The molecule has 0 aromatic heterocycles. The summed E-state index contributed by atoms with van der Waals surface area (Å²) in [5, 5.41) is 0. The third-order valence-electron chi connectivity index (χ3n) is 3.10. The lowest BCUT2D eigenvalue weighted by molar-refractivity contribution is -0.00728. The zero-order valence-electron chi connectivity index (χ0n) is 9.26. The summed E-state index contributed by atoms with van der Waals surface area (Å²) in [4.78, 5) is 0. The maximum atomic E-state index is 5.30. The Morgan fingerprint density at radius 1 is 1.27 bits per heavy atom. The van der Waals surface area contributed by atoms with E-state index < -0.39 is 0 Å². The maximum Gasteiger partial charge on any atom is 0.122 e. The van der Waals surface area contributed by atoms with Gasteiger partial charge in [-0.1, -0.05) is 22.0 Å². The largest absolute Gasteiger partial charge is 0.496 e. The summed E-state index contributed by atoms with van der Waals surface area (Å²) in [6.45, 7) is 5.72. The molecule has 1 aliphatic heterocycles. The Kier molecular flexibility index (Phi) is 2.77. The second-order valence-electron chi connectivity index (χ2n) is 4.02. The summed E-state index contributed by atoms with van der Waals surface area (Å²) in [5.41, 5.74) is 3.81. The average Bonchev–Trinajstić information content (AvgIpc) is 2.19. The molecule has 0 aliphatic carbocycles. The van der Waals surface area contributed by atoms with E-state index in [9.17, 15) is 0 Å². The third-order valence-corrected chi connectivity index (χ3v) is 3.99. The van der Waals surface area contributed by atoms with Crippen LogP contribution in [0.2, 0.25) is 0 Å². The van der Waals surface area contributed by atoms with Gasteiger partial charge in [-0.25, -0.2) is 0 Å². The SMILES string of the molecule is COc1ccc(C2(Br)COC2)c(C)c1C. The van der Waals surface area contributed by atoms with Crippen LogP contribution in [0.4, 0.5) is 0 Å². The molecule has 0 amide bonds. The summed E-state index contributed by atoms with van der Waals surface area (Å²) in [6.07, 6.45) is 0. The minimum absolute atomic E-state index is 0.0219. The molecule has 1 aromatic rings. The topological polar surface area (TPSA) is 18.5 Å². The minimum atomic E-state index is 0.0219. The van der Waals surface area contributed by atoms with Gasteiger partial charge in [-0.3, -0.25) is 0 Å². The van der Waals surface area contributed by atoms with E-state index in [1.54, 1.807) is 7.11 Å². The molecule has 0 spiro atoms. The Labute approximate surface area is 98.7 Å². The second-order valence-corrected chi connectivity index (χ2v) is 5.54. The van der Waals surface area contributed by atoms with E-state index in [2.05, 4.69) is 35.8 Å². The lowest BCUT2D eigenvalue weighted by atomic mass is 9.90. The fourth-order valence-corrected chi connectivity index (χ4v) is 2.69. The highest BCUT2D eigenvalue weighted by molar-refractivity contribution is 9.09. The second kappa shape index (κ2) is 3.80. The van der Waals surface area contributed by atoms with Crippen molar-refractivity contribution in [2.45, 2.75) is 18.2 Å². The van der Waals surface area contributed by atoms with Crippen LogP contribution in [0.25, 0.3) is 0 Å². The summed E-state index contributed by atoms with van der Waals surface area (Å²) in [6, 6.07) is 4.15. The van der Waals surface area contributed by atoms with E-state index in [4.69, 9.17) is 9.47 Å². The highest BCUT2D eigenvalue weighted by Crippen LogP contribution is 2.42. The van der Waals surface area contributed by atoms with Crippen molar-refractivity contribution in [3.63, 3.8) is 0 Å². The third kappa shape index (κ3) is 1.68. The van der Waals surface area contributed by atoms with E-state index in [0.717, 1.165) is 19.0 Å². The van der Waals surface area contributed by atoms with Crippen molar-refractivity contribution < 1.29 is 9.47 Å². The van der Waals surface area contributed by atoms with E-state index in [-0.39, 0.29) is 4.32 Å². The fraction of sp³-hybridized carbons (Fsp3) is 0.500. The summed E-state index contributed by atoms with van der Waals surface area (Å²) >= 11 is 3.74. The first-order valence-corrected chi connectivity index (χ1v) is 5.79. The van der Waals surface area contributed by atoms with Gasteiger partial charge in [0.2, 0.25) is 0 Å². The van der Waals surface area contributed by atoms with Gasteiger partial charge in [0.1, 0.15) is 5.75 Å². The van der Waals surface area contributed by atoms with Crippen LogP contribution in [-0.4, -0.2) is 20.3 Å². The van der Waals surface area contributed by atoms with Gasteiger partial charge in [-0.15, -0.1) is 0 Å². The number of benzene rings is 1. The molecule has 82 valence electrons.